The van der Waals surface area contributed by atoms with Gasteiger partial charge in [0.1, 0.15) is 10.9 Å². The van der Waals surface area contributed by atoms with E-state index >= 15 is 0 Å². The van der Waals surface area contributed by atoms with Crippen LogP contribution in [-0.4, -0.2) is 16.5 Å². The molecule has 0 unspecified atom stereocenters. The van der Waals surface area contributed by atoms with Crippen LogP contribution in [0.5, 0.6) is 0 Å². The number of carbonyl (C=O) groups is 1. The number of aromatic nitrogens is 2. The number of halogens is 1. The highest BCUT2D eigenvalue weighted by Gasteiger charge is 2.02. The van der Waals surface area contributed by atoms with Crippen LogP contribution in [0.2, 0.25) is 0 Å². The Kier molecular flexibility index (Phi) is 1.69. The average Bonchev–Trinajstić information content (AvgIpc) is 2.47. The Morgan fingerprint density at radius 2 is 2.33 bits per heavy atom. The molecule has 0 radical (unpaired) electrons. The molecule has 4 heteroatoms. The van der Waals surface area contributed by atoms with Crippen molar-refractivity contribution in [2.45, 2.75) is 0 Å². The van der Waals surface area contributed by atoms with Gasteiger partial charge in [0.25, 0.3) is 0 Å². The maximum Gasteiger partial charge on any atom is 0.150 e. The van der Waals surface area contributed by atoms with Gasteiger partial charge in [-0.2, -0.15) is 5.10 Å². The zero-order valence-electron chi connectivity index (χ0n) is 6.04. The third-order valence-corrected chi connectivity index (χ3v) is 2.27. The van der Waals surface area contributed by atoms with Crippen LogP contribution in [0.3, 0.4) is 0 Å². The summed E-state index contributed by atoms with van der Waals surface area (Å²) in [6.45, 7) is 0. The molecule has 3 nitrogen and oxygen atoms in total. The molecule has 12 heavy (non-hydrogen) atoms. The summed E-state index contributed by atoms with van der Waals surface area (Å²) in [7, 11) is 0. The first-order valence-electron chi connectivity index (χ1n) is 3.40. The third-order valence-electron chi connectivity index (χ3n) is 1.67. The summed E-state index contributed by atoms with van der Waals surface area (Å²) >= 11 is 3.30. The number of nitrogens with one attached hydrogen (secondary N) is 1. The molecule has 0 spiro atoms. The van der Waals surface area contributed by atoms with E-state index in [1.54, 1.807) is 18.2 Å². The summed E-state index contributed by atoms with van der Waals surface area (Å²) in [6.07, 6.45) is 0.818. The minimum atomic E-state index is 0.657. The largest absolute Gasteiger partial charge is 0.298 e. The Balaban J connectivity index is 2.79. The van der Waals surface area contributed by atoms with Gasteiger partial charge in [0.15, 0.2) is 0 Å². The lowest BCUT2D eigenvalue weighted by atomic mass is 10.2. The molecule has 0 saturated carbocycles. The van der Waals surface area contributed by atoms with Gasteiger partial charge in [-0.1, -0.05) is 0 Å². The number of rotatable bonds is 1. The van der Waals surface area contributed by atoms with Crippen LogP contribution in [-0.2, 0) is 0 Å². The summed E-state index contributed by atoms with van der Waals surface area (Å²) in [5, 5.41) is 7.71. The van der Waals surface area contributed by atoms with Crippen LogP contribution in [0, 0.1) is 0 Å². The van der Waals surface area contributed by atoms with Gasteiger partial charge in [-0.3, -0.25) is 9.89 Å². The number of nitrogens with zero attached hydrogens (tertiary/aromatic N) is 1. The van der Waals surface area contributed by atoms with Gasteiger partial charge < -0.3 is 0 Å². The fraction of sp³-hybridized carbons (Fsp3) is 0. The van der Waals surface area contributed by atoms with E-state index in [1.165, 1.54) is 0 Å². The van der Waals surface area contributed by atoms with E-state index in [0.717, 1.165) is 21.8 Å². The molecule has 1 N–H and O–H groups in total. The normalized spacial score (nSPS) is 10.4. The molecule has 0 aliphatic carbocycles. The van der Waals surface area contributed by atoms with Crippen molar-refractivity contribution < 1.29 is 4.79 Å². The summed E-state index contributed by atoms with van der Waals surface area (Å²) < 4.78 is 0.807. The van der Waals surface area contributed by atoms with Gasteiger partial charge in [0, 0.05) is 10.9 Å². The zero-order chi connectivity index (χ0) is 8.55. The number of fused-ring (bicyclic) bond motifs is 1. The summed E-state index contributed by atoms with van der Waals surface area (Å²) in [4.78, 5) is 10.4. The first-order chi connectivity index (χ1) is 5.81. The van der Waals surface area contributed by atoms with Crippen LogP contribution in [0.4, 0.5) is 0 Å². The van der Waals surface area contributed by atoms with Crippen LogP contribution in [0.1, 0.15) is 10.4 Å². The summed E-state index contributed by atoms with van der Waals surface area (Å²) in [5.41, 5.74) is 1.51. The van der Waals surface area contributed by atoms with Crippen molar-refractivity contribution in [3.05, 3.63) is 28.4 Å². The van der Waals surface area contributed by atoms with E-state index < -0.39 is 0 Å². The number of hydrogen-bond donors (Lipinski definition) is 1. The first kappa shape index (κ1) is 7.49. The van der Waals surface area contributed by atoms with Crippen molar-refractivity contribution in [1.29, 1.82) is 0 Å². The quantitative estimate of drug-likeness (QED) is 0.755. The Labute approximate surface area is 76.9 Å². The fourth-order valence-corrected chi connectivity index (χ4v) is 1.48. The smallest absolute Gasteiger partial charge is 0.150 e. The Morgan fingerprint density at radius 1 is 1.50 bits per heavy atom. The number of aldehydes is 1. The fourth-order valence-electron chi connectivity index (χ4n) is 1.07. The minimum Gasteiger partial charge on any atom is -0.298 e. The zero-order valence-corrected chi connectivity index (χ0v) is 7.63. The first-order valence-corrected chi connectivity index (χ1v) is 4.19. The van der Waals surface area contributed by atoms with Crippen molar-refractivity contribution >= 4 is 33.1 Å². The highest BCUT2D eigenvalue weighted by atomic mass is 79.9. The standard InChI is InChI=1S/C8H5BrN2O/c9-8-6-3-5(4-12)1-2-7(6)10-11-8/h1-4H,(H,10,11). The van der Waals surface area contributed by atoms with Crippen molar-refractivity contribution in [3.8, 4) is 0 Å². The topological polar surface area (TPSA) is 45.8 Å². The maximum absolute atomic E-state index is 10.4. The molecule has 0 bridgehead atoms. The van der Waals surface area contributed by atoms with Crippen LogP contribution in [0.25, 0.3) is 10.9 Å². The molecule has 0 aliphatic rings. The van der Waals surface area contributed by atoms with Gasteiger partial charge >= 0.3 is 0 Å². The van der Waals surface area contributed by atoms with Gasteiger partial charge in [-0.05, 0) is 34.1 Å². The molecule has 2 rings (SSSR count). The summed E-state index contributed by atoms with van der Waals surface area (Å²) in [5.74, 6) is 0. The van der Waals surface area contributed by atoms with Crippen LogP contribution in [0.15, 0.2) is 22.8 Å². The van der Waals surface area contributed by atoms with Gasteiger partial charge in [-0.25, -0.2) is 0 Å². The molecule has 1 aromatic carbocycles. The minimum absolute atomic E-state index is 0.657. The highest BCUT2D eigenvalue weighted by molar-refractivity contribution is 9.10. The number of carbonyl (C=O) groups excluding carboxylic acids is 1. The van der Waals surface area contributed by atoms with Crippen molar-refractivity contribution in [3.63, 3.8) is 0 Å². The Bertz CT molecular complexity index is 436. The molecule has 0 fully saturated rings. The van der Waals surface area contributed by atoms with E-state index in [2.05, 4.69) is 26.1 Å². The van der Waals surface area contributed by atoms with E-state index in [4.69, 9.17) is 0 Å². The van der Waals surface area contributed by atoms with E-state index in [0.29, 0.717) is 5.56 Å². The second-order valence-corrected chi connectivity index (χ2v) is 3.23. The molecule has 2 aromatic rings. The van der Waals surface area contributed by atoms with Crippen molar-refractivity contribution in [1.82, 2.24) is 10.2 Å². The monoisotopic (exact) mass is 224 g/mol. The molecule has 0 saturated heterocycles. The number of aromatic amines is 1. The predicted octanol–water partition coefficient (Wildman–Crippen LogP) is 2.14. The molecule has 1 aromatic heterocycles. The van der Waals surface area contributed by atoms with E-state index in [1.807, 2.05) is 0 Å². The Morgan fingerprint density at radius 3 is 3.08 bits per heavy atom. The molecule has 0 amide bonds. The van der Waals surface area contributed by atoms with Crippen molar-refractivity contribution in [2.24, 2.45) is 0 Å². The van der Waals surface area contributed by atoms with Crippen LogP contribution < -0.4 is 0 Å². The van der Waals surface area contributed by atoms with Gasteiger partial charge in [0.2, 0.25) is 0 Å². The second kappa shape index (κ2) is 2.71. The molecule has 1 heterocycles. The third kappa shape index (κ3) is 1.04. The molecule has 0 atom stereocenters. The Hall–Kier alpha value is -1.16. The van der Waals surface area contributed by atoms with E-state index in [9.17, 15) is 4.79 Å². The van der Waals surface area contributed by atoms with Gasteiger partial charge in [0.05, 0.1) is 5.52 Å². The average molecular weight is 225 g/mol. The van der Waals surface area contributed by atoms with Crippen molar-refractivity contribution in [2.75, 3.05) is 0 Å². The predicted molar refractivity (Wildman–Crippen MR) is 49.2 cm³/mol. The van der Waals surface area contributed by atoms with Gasteiger partial charge in [-0.15, -0.1) is 0 Å². The highest BCUT2D eigenvalue weighted by Crippen LogP contribution is 2.21. The second-order valence-electron chi connectivity index (χ2n) is 2.43. The molecule has 0 aliphatic heterocycles. The maximum atomic E-state index is 10.4. The van der Waals surface area contributed by atoms with Crippen LogP contribution >= 0.6 is 15.9 Å². The molecular weight excluding hydrogens is 220 g/mol. The number of H-pyrrole nitrogens is 1. The molecule has 60 valence electrons. The lowest BCUT2D eigenvalue weighted by molar-refractivity contribution is 0.112. The lowest BCUT2D eigenvalue weighted by Gasteiger charge is -1.89. The molecular formula is C8H5BrN2O. The number of benzene rings is 1. The lowest BCUT2D eigenvalue weighted by Crippen LogP contribution is -1.77. The SMILES string of the molecule is O=Cc1ccc2n[nH]c(Br)c2c1. The van der Waals surface area contributed by atoms with E-state index in [-0.39, 0.29) is 0 Å². The summed E-state index contributed by atoms with van der Waals surface area (Å²) in [6, 6.07) is 5.33. The number of hydrogen-bond acceptors (Lipinski definition) is 2.